The normalized spacial score (nSPS) is 18.2. The van der Waals surface area contributed by atoms with Gasteiger partial charge in [-0.3, -0.25) is 14.5 Å². The van der Waals surface area contributed by atoms with Crippen molar-refractivity contribution >= 4 is 28.7 Å². The molecule has 1 aromatic heterocycles. The quantitative estimate of drug-likeness (QED) is 0.872. The fraction of sp³-hybridized carbons (Fsp3) is 0.267. The van der Waals surface area contributed by atoms with E-state index in [4.69, 9.17) is 4.52 Å². The van der Waals surface area contributed by atoms with Gasteiger partial charge in [0.05, 0.1) is 0 Å². The number of aromatic nitrogens is 1. The van der Waals surface area contributed by atoms with E-state index in [0.717, 1.165) is 5.56 Å². The number of hydrogen-bond acceptors (Lipinski definition) is 5. The summed E-state index contributed by atoms with van der Waals surface area (Å²) in [6, 6.07) is 11.4. The van der Waals surface area contributed by atoms with Crippen molar-refractivity contribution in [2.45, 2.75) is 18.6 Å². The van der Waals surface area contributed by atoms with Crippen molar-refractivity contribution in [3.8, 4) is 11.3 Å². The Hall–Kier alpha value is -2.08. The molecule has 0 aliphatic carbocycles. The Balaban J connectivity index is 1.78. The molecule has 1 saturated heterocycles. The Bertz CT molecular complexity index is 669. The highest BCUT2D eigenvalue weighted by molar-refractivity contribution is 8.14. The minimum absolute atomic E-state index is 0.0136. The maximum atomic E-state index is 12.0. The Morgan fingerprint density at radius 1 is 1.38 bits per heavy atom. The van der Waals surface area contributed by atoms with Crippen molar-refractivity contribution in [3.05, 3.63) is 36.4 Å². The number of carbonyl (C=O) groups excluding carboxylic acids is 2. The summed E-state index contributed by atoms with van der Waals surface area (Å²) >= 11 is 1.20. The fourth-order valence-corrected chi connectivity index (χ4v) is 3.26. The topological polar surface area (TPSA) is 63.4 Å². The van der Waals surface area contributed by atoms with E-state index in [9.17, 15) is 9.59 Å². The van der Waals surface area contributed by atoms with E-state index in [1.165, 1.54) is 18.7 Å². The monoisotopic (exact) mass is 302 g/mol. The van der Waals surface area contributed by atoms with Crippen molar-refractivity contribution in [1.29, 1.82) is 0 Å². The van der Waals surface area contributed by atoms with Gasteiger partial charge in [0.1, 0.15) is 5.69 Å². The third kappa shape index (κ3) is 3.00. The van der Waals surface area contributed by atoms with Gasteiger partial charge in [-0.2, -0.15) is 0 Å². The summed E-state index contributed by atoms with van der Waals surface area (Å²) in [6.45, 7) is 1.99. The van der Waals surface area contributed by atoms with Crippen molar-refractivity contribution in [2.24, 2.45) is 0 Å². The summed E-state index contributed by atoms with van der Waals surface area (Å²) in [6.07, 6.45) is 0.353. The van der Waals surface area contributed by atoms with Crippen LogP contribution < -0.4 is 4.90 Å². The molecule has 0 bridgehead atoms. The predicted molar refractivity (Wildman–Crippen MR) is 81.0 cm³/mol. The highest BCUT2D eigenvalue weighted by Crippen LogP contribution is 2.31. The second-order valence-corrected chi connectivity index (χ2v) is 6.33. The van der Waals surface area contributed by atoms with Gasteiger partial charge in [0.15, 0.2) is 5.12 Å². The van der Waals surface area contributed by atoms with Gasteiger partial charge in [-0.15, -0.1) is 0 Å². The Morgan fingerprint density at radius 3 is 2.86 bits per heavy atom. The van der Waals surface area contributed by atoms with Gasteiger partial charge in [-0.1, -0.05) is 47.3 Å². The zero-order chi connectivity index (χ0) is 14.8. The summed E-state index contributed by atoms with van der Waals surface area (Å²) in [5, 5.41) is 4.02. The van der Waals surface area contributed by atoms with E-state index >= 15 is 0 Å². The van der Waals surface area contributed by atoms with E-state index in [1.54, 1.807) is 11.0 Å². The molecule has 5 nitrogen and oxygen atoms in total. The third-order valence-electron chi connectivity index (χ3n) is 3.26. The molecule has 108 valence electrons. The first-order valence-corrected chi connectivity index (χ1v) is 7.51. The van der Waals surface area contributed by atoms with E-state index < -0.39 is 0 Å². The second-order valence-electron chi connectivity index (χ2n) is 4.86. The summed E-state index contributed by atoms with van der Waals surface area (Å²) in [4.78, 5) is 24.7. The first-order chi connectivity index (χ1) is 10.1. The number of amides is 1. The molecule has 1 aromatic carbocycles. The summed E-state index contributed by atoms with van der Waals surface area (Å²) in [7, 11) is 0. The van der Waals surface area contributed by atoms with Crippen LogP contribution in [0, 0.1) is 0 Å². The van der Waals surface area contributed by atoms with Crippen LogP contribution in [-0.2, 0) is 9.59 Å². The van der Waals surface area contributed by atoms with E-state index in [1.807, 2.05) is 30.3 Å². The predicted octanol–water partition coefficient (Wildman–Crippen LogP) is 2.73. The lowest BCUT2D eigenvalue weighted by atomic mass is 10.1. The van der Waals surface area contributed by atoms with Crippen LogP contribution >= 0.6 is 11.8 Å². The zero-order valence-corrected chi connectivity index (χ0v) is 12.3. The zero-order valence-electron chi connectivity index (χ0n) is 11.5. The van der Waals surface area contributed by atoms with Crippen LogP contribution in [0.3, 0.4) is 0 Å². The Morgan fingerprint density at radius 2 is 2.14 bits per heavy atom. The van der Waals surface area contributed by atoms with Crippen LogP contribution in [0.4, 0.5) is 5.88 Å². The number of thioether (sulfide) groups is 1. The van der Waals surface area contributed by atoms with Gasteiger partial charge in [-0.25, -0.2) is 0 Å². The molecular weight excluding hydrogens is 288 g/mol. The molecule has 1 amide bonds. The smallest absolute Gasteiger partial charge is 0.234 e. The molecule has 2 heterocycles. The van der Waals surface area contributed by atoms with Gasteiger partial charge in [0.2, 0.25) is 11.8 Å². The van der Waals surface area contributed by atoms with Crippen molar-refractivity contribution < 1.29 is 14.1 Å². The number of carbonyl (C=O) groups is 2. The number of hydrogen-bond donors (Lipinski definition) is 0. The molecular formula is C15H14N2O3S. The maximum absolute atomic E-state index is 12.0. The maximum Gasteiger partial charge on any atom is 0.234 e. The highest BCUT2D eigenvalue weighted by atomic mass is 32.2. The first-order valence-electron chi connectivity index (χ1n) is 6.63. The molecule has 1 fully saturated rings. The van der Waals surface area contributed by atoms with Crippen LogP contribution in [0.15, 0.2) is 40.9 Å². The molecule has 1 atom stereocenters. The van der Waals surface area contributed by atoms with Gasteiger partial charge in [-0.05, 0) is 0 Å². The Kier molecular flexibility index (Phi) is 3.79. The van der Waals surface area contributed by atoms with Crippen LogP contribution in [0.5, 0.6) is 0 Å². The molecule has 6 heteroatoms. The van der Waals surface area contributed by atoms with E-state index in [0.29, 0.717) is 24.5 Å². The number of anilines is 1. The standard InChI is InChI=1S/C15H14N2O3S/c1-10(18)21-12-7-14(19)17(9-12)15-8-13(16-20-15)11-5-3-2-4-6-11/h2-6,8,12H,7,9H2,1H3. The molecule has 1 unspecified atom stereocenters. The molecule has 0 saturated carbocycles. The lowest BCUT2D eigenvalue weighted by Gasteiger charge is -2.10. The number of rotatable bonds is 3. The molecule has 21 heavy (non-hydrogen) atoms. The van der Waals surface area contributed by atoms with Crippen LogP contribution in [-0.4, -0.2) is 28.0 Å². The number of benzene rings is 1. The van der Waals surface area contributed by atoms with Crippen molar-refractivity contribution in [1.82, 2.24) is 5.16 Å². The molecule has 0 spiro atoms. The fourth-order valence-electron chi connectivity index (χ4n) is 2.34. The van der Waals surface area contributed by atoms with Gasteiger partial charge < -0.3 is 4.52 Å². The Labute approximate surface area is 126 Å². The molecule has 1 aliphatic heterocycles. The van der Waals surface area contributed by atoms with Gasteiger partial charge >= 0.3 is 0 Å². The van der Waals surface area contributed by atoms with Gasteiger partial charge in [0, 0.05) is 36.8 Å². The second kappa shape index (κ2) is 5.73. The minimum atomic E-state index is -0.0375. The molecule has 3 rings (SSSR count). The molecule has 1 aliphatic rings. The van der Waals surface area contributed by atoms with Crippen LogP contribution in [0.25, 0.3) is 11.3 Å². The van der Waals surface area contributed by atoms with Crippen molar-refractivity contribution in [2.75, 3.05) is 11.4 Å². The SMILES string of the molecule is CC(=O)SC1CC(=O)N(c2cc(-c3ccccc3)no2)C1. The van der Waals surface area contributed by atoms with Crippen LogP contribution in [0.2, 0.25) is 0 Å². The molecule has 2 aromatic rings. The average molecular weight is 302 g/mol. The largest absolute Gasteiger partial charge is 0.338 e. The number of nitrogens with zero attached hydrogens (tertiary/aromatic N) is 2. The van der Waals surface area contributed by atoms with E-state index in [-0.39, 0.29) is 16.3 Å². The molecule has 0 radical (unpaired) electrons. The summed E-state index contributed by atoms with van der Waals surface area (Å²) < 4.78 is 5.29. The average Bonchev–Trinajstić information content (AvgIpc) is 3.06. The highest BCUT2D eigenvalue weighted by Gasteiger charge is 2.34. The first kappa shape index (κ1) is 13.9. The van der Waals surface area contributed by atoms with Gasteiger partial charge in [0.25, 0.3) is 0 Å². The minimum Gasteiger partial charge on any atom is -0.338 e. The van der Waals surface area contributed by atoms with Crippen LogP contribution in [0.1, 0.15) is 13.3 Å². The third-order valence-corrected chi connectivity index (χ3v) is 4.24. The lowest BCUT2D eigenvalue weighted by molar-refractivity contribution is -0.117. The van der Waals surface area contributed by atoms with E-state index in [2.05, 4.69) is 5.16 Å². The lowest BCUT2D eigenvalue weighted by Crippen LogP contribution is -2.24. The summed E-state index contributed by atoms with van der Waals surface area (Å²) in [5.74, 6) is 0.398. The molecule has 0 N–H and O–H groups in total. The van der Waals surface area contributed by atoms with Crippen molar-refractivity contribution in [3.63, 3.8) is 0 Å². The summed E-state index contributed by atoms with van der Waals surface area (Å²) in [5.41, 5.74) is 1.63.